The van der Waals surface area contributed by atoms with Crippen molar-refractivity contribution in [1.82, 2.24) is 4.90 Å². The first kappa shape index (κ1) is 20.1. The van der Waals surface area contributed by atoms with Crippen molar-refractivity contribution in [3.63, 3.8) is 0 Å². The summed E-state index contributed by atoms with van der Waals surface area (Å²) in [5, 5.41) is 13.5. The average Bonchev–Trinajstić information content (AvgIpc) is 3.41. The van der Waals surface area contributed by atoms with Gasteiger partial charge in [0.15, 0.2) is 0 Å². The zero-order chi connectivity index (χ0) is 22.2. The molecule has 1 aliphatic heterocycles. The van der Waals surface area contributed by atoms with Crippen LogP contribution in [0.2, 0.25) is 5.02 Å². The third-order valence-electron chi connectivity index (χ3n) is 5.68. The first-order valence-electron chi connectivity index (χ1n) is 10.1. The molecule has 1 amide bonds. The molecule has 0 aliphatic carbocycles. The molecule has 0 bridgehead atoms. The van der Waals surface area contributed by atoms with Crippen molar-refractivity contribution in [2.24, 2.45) is 0 Å². The molecule has 1 atom stereocenters. The maximum absolute atomic E-state index is 13.2. The van der Waals surface area contributed by atoms with Gasteiger partial charge in [-0.05, 0) is 52.7 Å². The lowest BCUT2D eigenvalue weighted by Gasteiger charge is -2.25. The number of aliphatic hydroxyl groups is 1. The summed E-state index contributed by atoms with van der Waals surface area (Å²) in [7, 11) is 0. The van der Waals surface area contributed by atoms with Gasteiger partial charge in [-0.25, -0.2) is 0 Å². The van der Waals surface area contributed by atoms with E-state index in [-0.39, 0.29) is 17.9 Å². The molecule has 1 unspecified atom stereocenters. The minimum atomic E-state index is -0.776. The van der Waals surface area contributed by atoms with Gasteiger partial charge in [-0.2, -0.15) is 0 Å². The Labute approximate surface area is 189 Å². The summed E-state index contributed by atoms with van der Waals surface area (Å²) in [5.74, 6) is -1.11. The summed E-state index contributed by atoms with van der Waals surface area (Å²) >= 11 is 5.98. The number of Topliss-reactive ketones (excluding diaryl/α,β-unsaturated/α-hetero) is 1. The summed E-state index contributed by atoms with van der Waals surface area (Å²) < 4.78 is 5.45. The minimum Gasteiger partial charge on any atom is -0.507 e. The molecule has 5 rings (SSSR count). The molecule has 1 aliphatic rings. The molecule has 0 radical (unpaired) electrons. The molecule has 1 fully saturated rings. The van der Waals surface area contributed by atoms with Crippen molar-refractivity contribution < 1.29 is 19.1 Å². The molecule has 4 aromatic rings. The molecule has 158 valence electrons. The van der Waals surface area contributed by atoms with E-state index in [1.165, 1.54) is 11.2 Å². The molecule has 0 saturated carbocycles. The van der Waals surface area contributed by atoms with Gasteiger partial charge in [-0.1, -0.05) is 54.1 Å². The number of carbonyl (C=O) groups is 2. The Bertz CT molecular complexity index is 1350. The number of carbonyl (C=O) groups excluding carboxylic acids is 2. The van der Waals surface area contributed by atoms with Gasteiger partial charge >= 0.3 is 0 Å². The highest BCUT2D eigenvalue weighted by Gasteiger charge is 2.46. The predicted octanol–water partition coefficient (Wildman–Crippen LogP) is 5.71. The number of aliphatic hydroxyl groups excluding tert-OH is 1. The van der Waals surface area contributed by atoms with Gasteiger partial charge in [0.1, 0.15) is 11.5 Å². The fourth-order valence-electron chi connectivity index (χ4n) is 4.19. The SMILES string of the molecule is O=C1C(=O)N(Cc2ccco2)C(c2cccc3ccccc23)/C1=C(/O)c1ccc(Cl)cc1. The Morgan fingerprint density at radius 3 is 2.44 bits per heavy atom. The lowest BCUT2D eigenvalue weighted by atomic mass is 9.91. The second kappa shape index (κ2) is 8.02. The predicted molar refractivity (Wildman–Crippen MR) is 122 cm³/mol. The number of amides is 1. The van der Waals surface area contributed by atoms with Crippen LogP contribution in [-0.2, 0) is 16.1 Å². The molecule has 32 heavy (non-hydrogen) atoms. The molecular weight excluding hydrogens is 426 g/mol. The van der Waals surface area contributed by atoms with Gasteiger partial charge in [0.25, 0.3) is 11.7 Å². The number of likely N-dealkylation sites (tertiary alicyclic amines) is 1. The maximum atomic E-state index is 13.2. The Morgan fingerprint density at radius 1 is 0.938 bits per heavy atom. The summed E-state index contributed by atoms with van der Waals surface area (Å²) in [6, 6.07) is 22.7. The molecule has 1 N–H and O–H groups in total. The van der Waals surface area contributed by atoms with E-state index in [9.17, 15) is 14.7 Å². The number of furan rings is 1. The van der Waals surface area contributed by atoms with E-state index in [1.807, 2.05) is 42.5 Å². The summed E-state index contributed by atoms with van der Waals surface area (Å²) in [4.78, 5) is 27.7. The van der Waals surface area contributed by atoms with Gasteiger partial charge in [0.05, 0.1) is 24.4 Å². The number of benzene rings is 3. The highest BCUT2D eigenvalue weighted by Crippen LogP contribution is 2.42. The van der Waals surface area contributed by atoms with E-state index in [2.05, 4.69) is 0 Å². The van der Waals surface area contributed by atoms with Crippen molar-refractivity contribution in [2.75, 3.05) is 0 Å². The second-order valence-electron chi connectivity index (χ2n) is 7.58. The molecule has 2 heterocycles. The van der Waals surface area contributed by atoms with Gasteiger partial charge in [-0.15, -0.1) is 0 Å². The Kier molecular flexibility index (Phi) is 5.04. The number of hydrogen-bond acceptors (Lipinski definition) is 4. The molecule has 0 spiro atoms. The summed E-state index contributed by atoms with van der Waals surface area (Å²) in [5.41, 5.74) is 1.21. The second-order valence-corrected chi connectivity index (χ2v) is 8.02. The smallest absolute Gasteiger partial charge is 0.296 e. The van der Waals surface area contributed by atoms with Crippen LogP contribution >= 0.6 is 11.6 Å². The zero-order valence-electron chi connectivity index (χ0n) is 16.9. The Hall–Kier alpha value is -3.83. The quantitative estimate of drug-likeness (QED) is 0.249. The number of halogens is 1. The van der Waals surface area contributed by atoms with E-state index >= 15 is 0 Å². The van der Waals surface area contributed by atoms with Crippen LogP contribution in [0.25, 0.3) is 16.5 Å². The summed E-state index contributed by atoms with van der Waals surface area (Å²) in [6.45, 7) is 0.100. The molecule has 1 saturated heterocycles. The largest absolute Gasteiger partial charge is 0.507 e. The third kappa shape index (κ3) is 3.37. The lowest BCUT2D eigenvalue weighted by Crippen LogP contribution is -2.29. The fraction of sp³-hybridized carbons (Fsp3) is 0.0769. The fourth-order valence-corrected chi connectivity index (χ4v) is 4.32. The van der Waals surface area contributed by atoms with Crippen molar-refractivity contribution in [2.45, 2.75) is 12.6 Å². The van der Waals surface area contributed by atoms with Gasteiger partial charge in [0.2, 0.25) is 0 Å². The van der Waals surface area contributed by atoms with E-state index in [0.717, 1.165) is 16.3 Å². The maximum Gasteiger partial charge on any atom is 0.296 e. The van der Waals surface area contributed by atoms with Crippen LogP contribution < -0.4 is 0 Å². The van der Waals surface area contributed by atoms with Crippen LogP contribution in [0.4, 0.5) is 0 Å². The molecule has 6 heteroatoms. The van der Waals surface area contributed by atoms with E-state index < -0.39 is 17.7 Å². The molecular formula is C26H18ClNO4. The van der Waals surface area contributed by atoms with Crippen molar-refractivity contribution >= 4 is 39.8 Å². The number of fused-ring (bicyclic) bond motifs is 1. The zero-order valence-corrected chi connectivity index (χ0v) is 17.6. The van der Waals surface area contributed by atoms with Crippen molar-refractivity contribution in [1.29, 1.82) is 0 Å². The lowest BCUT2D eigenvalue weighted by molar-refractivity contribution is -0.140. The number of nitrogens with zero attached hydrogens (tertiary/aromatic N) is 1. The highest BCUT2D eigenvalue weighted by molar-refractivity contribution is 6.46. The van der Waals surface area contributed by atoms with Crippen LogP contribution in [0.1, 0.15) is 22.9 Å². The average molecular weight is 444 g/mol. The van der Waals surface area contributed by atoms with Crippen LogP contribution in [0.5, 0.6) is 0 Å². The normalized spacial score (nSPS) is 17.9. The van der Waals surface area contributed by atoms with Gasteiger partial charge < -0.3 is 14.4 Å². The molecule has 5 nitrogen and oxygen atoms in total. The number of ketones is 1. The monoisotopic (exact) mass is 443 g/mol. The van der Waals surface area contributed by atoms with Crippen LogP contribution in [0.3, 0.4) is 0 Å². The van der Waals surface area contributed by atoms with E-state index in [4.69, 9.17) is 16.0 Å². The summed E-state index contributed by atoms with van der Waals surface area (Å²) in [6.07, 6.45) is 1.52. The van der Waals surface area contributed by atoms with Crippen LogP contribution in [0, 0.1) is 0 Å². The van der Waals surface area contributed by atoms with Crippen molar-refractivity contribution in [3.05, 3.63) is 113 Å². The highest BCUT2D eigenvalue weighted by atomic mass is 35.5. The number of rotatable bonds is 4. The first-order chi connectivity index (χ1) is 15.5. The minimum absolute atomic E-state index is 0.0419. The van der Waals surface area contributed by atoms with E-state index in [1.54, 1.807) is 36.4 Å². The van der Waals surface area contributed by atoms with Crippen molar-refractivity contribution in [3.8, 4) is 0 Å². The Morgan fingerprint density at radius 2 is 1.69 bits per heavy atom. The van der Waals surface area contributed by atoms with E-state index in [0.29, 0.717) is 16.3 Å². The first-order valence-corrected chi connectivity index (χ1v) is 10.5. The standard InChI is InChI=1S/C26H18ClNO4/c27-18-12-10-17(11-13-18)24(29)22-23(21-9-3-6-16-5-1-2-8-20(16)21)28(26(31)25(22)30)15-19-7-4-14-32-19/h1-14,23,29H,15H2/b24-22-. The molecule has 3 aromatic carbocycles. The van der Waals surface area contributed by atoms with Gasteiger partial charge in [-0.3, -0.25) is 9.59 Å². The van der Waals surface area contributed by atoms with Gasteiger partial charge in [0, 0.05) is 10.6 Å². The van der Waals surface area contributed by atoms with Crippen LogP contribution in [-0.4, -0.2) is 21.7 Å². The molecule has 1 aromatic heterocycles. The number of hydrogen-bond donors (Lipinski definition) is 1. The third-order valence-corrected chi connectivity index (χ3v) is 5.93. The topological polar surface area (TPSA) is 70.8 Å². The van der Waals surface area contributed by atoms with Crippen LogP contribution in [0.15, 0.2) is 95.1 Å². The Balaban J connectivity index is 1.74.